The van der Waals surface area contributed by atoms with E-state index < -0.39 is 5.60 Å². The lowest BCUT2D eigenvalue weighted by atomic mass is 10.1. The van der Waals surface area contributed by atoms with Gasteiger partial charge < -0.3 is 5.11 Å². The SMILES string of the molecule is CC(C)(O)C(Br)=C(Br)Br. The predicted octanol–water partition coefficient (Wildman–Crippen LogP) is 3.11. The van der Waals surface area contributed by atoms with Gasteiger partial charge in [0.2, 0.25) is 0 Å². The Kier molecular flexibility index (Phi) is 3.95. The van der Waals surface area contributed by atoms with E-state index >= 15 is 0 Å². The van der Waals surface area contributed by atoms with Gasteiger partial charge in [-0.1, -0.05) is 15.9 Å². The van der Waals surface area contributed by atoms with Crippen molar-refractivity contribution in [1.82, 2.24) is 0 Å². The monoisotopic (exact) mass is 320 g/mol. The molecule has 1 nitrogen and oxygen atoms in total. The zero-order chi connectivity index (χ0) is 7.65. The Bertz CT molecular complexity index is 130. The first kappa shape index (κ1) is 10.1. The highest BCUT2D eigenvalue weighted by molar-refractivity contribution is 9.29. The van der Waals surface area contributed by atoms with Crippen molar-refractivity contribution in [2.45, 2.75) is 19.4 Å². The van der Waals surface area contributed by atoms with E-state index in [9.17, 15) is 5.11 Å². The van der Waals surface area contributed by atoms with Crippen LogP contribution in [-0.4, -0.2) is 10.7 Å². The fraction of sp³-hybridized carbons (Fsp3) is 0.600. The molecule has 0 rings (SSSR count). The molecule has 0 bridgehead atoms. The minimum Gasteiger partial charge on any atom is -0.385 e. The molecule has 9 heavy (non-hydrogen) atoms. The zero-order valence-corrected chi connectivity index (χ0v) is 9.84. The molecule has 0 aliphatic rings. The maximum absolute atomic E-state index is 9.29. The number of rotatable bonds is 1. The number of hydrogen-bond donors (Lipinski definition) is 1. The van der Waals surface area contributed by atoms with Gasteiger partial charge in [0.15, 0.2) is 0 Å². The van der Waals surface area contributed by atoms with Crippen molar-refractivity contribution in [3.63, 3.8) is 0 Å². The summed E-state index contributed by atoms with van der Waals surface area (Å²) in [5, 5.41) is 9.29. The van der Waals surface area contributed by atoms with Gasteiger partial charge in [0.1, 0.15) is 0 Å². The lowest BCUT2D eigenvalue weighted by Crippen LogP contribution is -2.18. The zero-order valence-electron chi connectivity index (χ0n) is 5.08. The summed E-state index contributed by atoms with van der Waals surface area (Å²) in [6, 6.07) is 0. The molecule has 0 aliphatic carbocycles. The van der Waals surface area contributed by atoms with Crippen LogP contribution in [0.5, 0.6) is 0 Å². The van der Waals surface area contributed by atoms with Gasteiger partial charge in [0, 0.05) is 4.48 Å². The Morgan fingerprint density at radius 3 is 1.56 bits per heavy atom. The fourth-order valence-electron chi connectivity index (χ4n) is 0.231. The summed E-state index contributed by atoms with van der Waals surface area (Å²) in [5.41, 5.74) is -0.817. The average Bonchev–Trinajstić information content (AvgIpc) is 1.62. The Labute approximate surface area is 79.9 Å². The topological polar surface area (TPSA) is 20.2 Å². The first-order valence-electron chi connectivity index (χ1n) is 2.29. The van der Waals surface area contributed by atoms with Crippen LogP contribution in [0, 0.1) is 0 Å². The standard InChI is InChI=1S/C5H7Br3O/c1-5(2,9)3(6)4(7)8/h9H,1-2H3. The minimum atomic E-state index is -0.817. The van der Waals surface area contributed by atoms with Crippen LogP contribution in [0.15, 0.2) is 7.87 Å². The molecule has 0 fully saturated rings. The van der Waals surface area contributed by atoms with Crippen molar-refractivity contribution < 1.29 is 5.11 Å². The molecule has 0 radical (unpaired) electrons. The maximum atomic E-state index is 9.29. The maximum Gasteiger partial charge on any atom is 0.0921 e. The summed E-state index contributed by atoms with van der Waals surface area (Å²) >= 11 is 9.53. The third-order valence-electron chi connectivity index (χ3n) is 0.703. The van der Waals surface area contributed by atoms with Gasteiger partial charge in [-0.3, -0.25) is 0 Å². The molecule has 0 aromatic heterocycles. The van der Waals surface area contributed by atoms with Gasteiger partial charge in [0.05, 0.1) is 8.99 Å². The van der Waals surface area contributed by atoms with Crippen LogP contribution in [0.25, 0.3) is 0 Å². The smallest absolute Gasteiger partial charge is 0.0921 e. The lowest BCUT2D eigenvalue weighted by molar-refractivity contribution is 0.130. The summed E-state index contributed by atoms with van der Waals surface area (Å²) in [6.45, 7) is 3.39. The van der Waals surface area contributed by atoms with Crippen molar-refractivity contribution in [3.8, 4) is 0 Å². The molecule has 0 heterocycles. The highest BCUT2D eigenvalue weighted by Gasteiger charge is 2.18. The lowest BCUT2D eigenvalue weighted by Gasteiger charge is -2.16. The molecule has 0 amide bonds. The molecule has 0 aromatic rings. The average molecular weight is 323 g/mol. The molecule has 4 heteroatoms. The summed E-state index contributed by atoms with van der Waals surface area (Å²) in [5.74, 6) is 0. The van der Waals surface area contributed by atoms with E-state index in [2.05, 4.69) is 47.8 Å². The largest absolute Gasteiger partial charge is 0.385 e. The Balaban J connectivity index is 4.40. The predicted molar refractivity (Wildman–Crippen MR) is 50.1 cm³/mol. The fourth-order valence-corrected chi connectivity index (χ4v) is 1.20. The molecular formula is C5H7Br3O. The summed E-state index contributed by atoms with van der Waals surface area (Å²) in [4.78, 5) is 0. The van der Waals surface area contributed by atoms with E-state index in [1.807, 2.05) is 0 Å². The first-order valence-corrected chi connectivity index (χ1v) is 4.67. The van der Waals surface area contributed by atoms with E-state index in [1.54, 1.807) is 13.8 Å². The molecule has 0 aliphatic heterocycles. The van der Waals surface area contributed by atoms with Gasteiger partial charge >= 0.3 is 0 Å². The molecule has 1 N–H and O–H groups in total. The molecular weight excluding hydrogens is 316 g/mol. The number of aliphatic hydroxyl groups is 1. The van der Waals surface area contributed by atoms with Gasteiger partial charge in [-0.05, 0) is 45.7 Å². The molecule has 0 saturated carbocycles. The van der Waals surface area contributed by atoms with Crippen molar-refractivity contribution in [1.29, 1.82) is 0 Å². The molecule has 0 aromatic carbocycles. The Morgan fingerprint density at radius 2 is 1.56 bits per heavy atom. The van der Waals surface area contributed by atoms with Crippen LogP contribution < -0.4 is 0 Å². The summed E-state index contributed by atoms with van der Waals surface area (Å²) < 4.78 is 1.44. The van der Waals surface area contributed by atoms with Gasteiger partial charge in [0.25, 0.3) is 0 Å². The summed E-state index contributed by atoms with van der Waals surface area (Å²) in [7, 11) is 0. The quantitative estimate of drug-likeness (QED) is 0.786. The van der Waals surface area contributed by atoms with Gasteiger partial charge in [-0.25, -0.2) is 0 Å². The van der Waals surface area contributed by atoms with Crippen molar-refractivity contribution in [3.05, 3.63) is 7.87 Å². The second-order valence-corrected chi connectivity index (χ2v) is 5.58. The Hall–Kier alpha value is 1.14. The van der Waals surface area contributed by atoms with Crippen LogP contribution in [0.1, 0.15) is 13.8 Å². The van der Waals surface area contributed by atoms with E-state index in [-0.39, 0.29) is 0 Å². The molecule has 0 unspecified atom stereocenters. The molecule has 0 atom stereocenters. The van der Waals surface area contributed by atoms with Crippen molar-refractivity contribution in [2.24, 2.45) is 0 Å². The second-order valence-electron chi connectivity index (χ2n) is 2.13. The van der Waals surface area contributed by atoms with Crippen LogP contribution in [0.2, 0.25) is 0 Å². The molecule has 0 saturated heterocycles. The minimum absolute atomic E-state index is 0.704. The van der Waals surface area contributed by atoms with Crippen molar-refractivity contribution >= 4 is 47.8 Å². The second kappa shape index (κ2) is 3.51. The van der Waals surface area contributed by atoms with E-state index in [0.717, 1.165) is 3.39 Å². The van der Waals surface area contributed by atoms with Crippen molar-refractivity contribution in [2.75, 3.05) is 0 Å². The third-order valence-corrected chi connectivity index (χ3v) is 3.93. The van der Waals surface area contributed by atoms with Gasteiger partial charge in [-0.2, -0.15) is 0 Å². The normalized spacial score (nSPS) is 11.3. The highest BCUT2D eigenvalue weighted by atomic mass is 79.9. The van der Waals surface area contributed by atoms with Gasteiger partial charge in [-0.15, -0.1) is 0 Å². The number of halogens is 3. The van der Waals surface area contributed by atoms with Crippen LogP contribution >= 0.6 is 47.8 Å². The number of hydrogen-bond acceptors (Lipinski definition) is 1. The van der Waals surface area contributed by atoms with E-state index in [1.165, 1.54) is 0 Å². The van der Waals surface area contributed by atoms with Crippen LogP contribution in [0.4, 0.5) is 0 Å². The molecule has 54 valence electrons. The molecule has 0 spiro atoms. The van der Waals surface area contributed by atoms with E-state index in [0.29, 0.717) is 4.48 Å². The highest BCUT2D eigenvalue weighted by Crippen LogP contribution is 2.31. The third kappa shape index (κ3) is 3.75. The van der Waals surface area contributed by atoms with E-state index in [4.69, 9.17) is 0 Å². The summed E-state index contributed by atoms with van der Waals surface area (Å²) in [6.07, 6.45) is 0. The Morgan fingerprint density at radius 1 is 1.22 bits per heavy atom. The van der Waals surface area contributed by atoms with Crippen LogP contribution in [-0.2, 0) is 0 Å². The first-order chi connectivity index (χ1) is 3.85. The van der Waals surface area contributed by atoms with Crippen LogP contribution in [0.3, 0.4) is 0 Å².